The van der Waals surface area contributed by atoms with Gasteiger partial charge in [0, 0.05) is 26.2 Å². The van der Waals surface area contributed by atoms with Gasteiger partial charge in [0.2, 0.25) is 0 Å². The van der Waals surface area contributed by atoms with Gasteiger partial charge < -0.3 is 5.32 Å². The highest BCUT2D eigenvalue weighted by Crippen LogP contribution is 2.27. The van der Waals surface area contributed by atoms with Crippen LogP contribution < -0.4 is 5.32 Å². The van der Waals surface area contributed by atoms with E-state index in [0.717, 1.165) is 0 Å². The SMILES string of the molecule is C=CC[C@H](N1CCNCC1)C(F)(F)F. The van der Waals surface area contributed by atoms with Crippen LogP contribution in [0.15, 0.2) is 12.7 Å². The van der Waals surface area contributed by atoms with E-state index in [-0.39, 0.29) is 6.42 Å². The Morgan fingerprint density at radius 3 is 2.36 bits per heavy atom. The average molecular weight is 208 g/mol. The number of nitrogens with zero attached hydrogens (tertiary/aromatic N) is 1. The van der Waals surface area contributed by atoms with Crippen LogP contribution in [0.5, 0.6) is 0 Å². The van der Waals surface area contributed by atoms with Gasteiger partial charge in [-0.15, -0.1) is 6.58 Å². The first-order chi connectivity index (χ1) is 6.55. The average Bonchev–Trinajstić information content (AvgIpc) is 2.14. The van der Waals surface area contributed by atoms with Crippen LogP contribution in [0, 0.1) is 0 Å². The van der Waals surface area contributed by atoms with Crippen molar-refractivity contribution in [2.24, 2.45) is 0 Å². The van der Waals surface area contributed by atoms with E-state index < -0.39 is 12.2 Å². The molecule has 1 saturated heterocycles. The molecule has 0 aromatic rings. The summed E-state index contributed by atoms with van der Waals surface area (Å²) in [6.07, 6.45) is -2.84. The molecule has 0 spiro atoms. The quantitative estimate of drug-likeness (QED) is 0.705. The van der Waals surface area contributed by atoms with Gasteiger partial charge in [0.1, 0.15) is 6.04 Å². The smallest absolute Gasteiger partial charge is 0.314 e. The Labute approximate surface area is 81.8 Å². The Morgan fingerprint density at radius 2 is 1.93 bits per heavy atom. The maximum absolute atomic E-state index is 12.6. The first kappa shape index (κ1) is 11.5. The minimum absolute atomic E-state index is 0.0243. The fraction of sp³-hybridized carbons (Fsp3) is 0.778. The van der Waals surface area contributed by atoms with E-state index in [1.54, 1.807) is 0 Å². The molecule has 1 N–H and O–H groups in total. The summed E-state index contributed by atoms with van der Waals surface area (Å²) in [5.41, 5.74) is 0. The van der Waals surface area contributed by atoms with E-state index in [9.17, 15) is 13.2 Å². The standard InChI is InChI=1S/C9H15F3N2/c1-2-3-8(9(10,11)12)14-6-4-13-5-7-14/h2,8,13H,1,3-7H2/t8-/m0/s1. The lowest BCUT2D eigenvalue weighted by atomic mass is 10.1. The van der Waals surface area contributed by atoms with Crippen LogP contribution in [-0.2, 0) is 0 Å². The number of nitrogens with one attached hydrogen (secondary N) is 1. The third kappa shape index (κ3) is 2.99. The predicted octanol–water partition coefficient (Wildman–Crippen LogP) is 1.40. The Balaban J connectivity index is 2.60. The zero-order valence-corrected chi connectivity index (χ0v) is 7.98. The molecule has 5 heteroatoms. The van der Waals surface area contributed by atoms with Crippen molar-refractivity contribution in [1.29, 1.82) is 0 Å². The van der Waals surface area contributed by atoms with Crippen LogP contribution in [0.4, 0.5) is 13.2 Å². The molecule has 1 fully saturated rings. The van der Waals surface area contributed by atoms with Crippen LogP contribution in [0.1, 0.15) is 6.42 Å². The number of piperazine rings is 1. The summed E-state index contributed by atoms with van der Waals surface area (Å²) in [5, 5.41) is 3.03. The van der Waals surface area contributed by atoms with Gasteiger partial charge in [0.15, 0.2) is 0 Å². The van der Waals surface area contributed by atoms with Gasteiger partial charge in [-0.25, -0.2) is 0 Å². The van der Waals surface area contributed by atoms with Gasteiger partial charge in [0.25, 0.3) is 0 Å². The summed E-state index contributed by atoms with van der Waals surface area (Å²) in [6.45, 7) is 5.54. The molecule has 2 nitrogen and oxygen atoms in total. The lowest BCUT2D eigenvalue weighted by Gasteiger charge is -2.35. The second-order valence-corrected chi connectivity index (χ2v) is 3.37. The van der Waals surface area contributed by atoms with Crippen molar-refractivity contribution >= 4 is 0 Å². The highest BCUT2D eigenvalue weighted by Gasteiger charge is 2.42. The Kier molecular flexibility index (Phi) is 3.95. The minimum Gasteiger partial charge on any atom is -0.314 e. The fourth-order valence-electron chi connectivity index (χ4n) is 1.64. The highest BCUT2D eigenvalue weighted by molar-refractivity contribution is 4.87. The van der Waals surface area contributed by atoms with Crippen molar-refractivity contribution in [1.82, 2.24) is 10.2 Å². The van der Waals surface area contributed by atoms with Gasteiger partial charge in [-0.05, 0) is 6.42 Å². The lowest BCUT2D eigenvalue weighted by Crippen LogP contribution is -2.53. The van der Waals surface area contributed by atoms with Crippen LogP contribution in [0.3, 0.4) is 0 Å². The molecule has 1 aliphatic rings. The zero-order valence-electron chi connectivity index (χ0n) is 7.98. The molecule has 0 bridgehead atoms. The second-order valence-electron chi connectivity index (χ2n) is 3.37. The van der Waals surface area contributed by atoms with E-state index in [1.807, 2.05) is 0 Å². The Bertz CT molecular complexity index is 185. The molecule has 1 aliphatic heterocycles. The topological polar surface area (TPSA) is 15.3 Å². The van der Waals surface area contributed by atoms with E-state index in [2.05, 4.69) is 11.9 Å². The first-order valence-electron chi connectivity index (χ1n) is 4.68. The van der Waals surface area contributed by atoms with Gasteiger partial charge >= 0.3 is 6.18 Å². The van der Waals surface area contributed by atoms with Crippen LogP contribution in [0.25, 0.3) is 0 Å². The lowest BCUT2D eigenvalue weighted by molar-refractivity contribution is -0.184. The molecule has 0 amide bonds. The normalized spacial score (nSPS) is 21.9. The fourth-order valence-corrected chi connectivity index (χ4v) is 1.64. The Morgan fingerprint density at radius 1 is 1.36 bits per heavy atom. The number of hydrogen-bond donors (Lipinski definition) is 1. The zero-order chi connectivity index (χ0) is 10.6. The first-order valence-corrected chi connectivity index (χ1v) is 4.68. The monoisotopic (exact) mass is 208 g/mol. The largest absolute Gasteiger partial charge is 0.404 e. The number of rotatable bonds is 3. The molecule has 0 saturated carbocycles. The van der Waals surface area contributed by atoms with Crippen molar-refractivity contribution in [3.05, 3.63) is 12.7 Å². The maximum Gasteiger partial charge on any atom is 0.404 e. The summed E-state index contributed by atoms with van der Waals surface area (Å²) in [7, 11) is 0. The molecule has 0 radical (unpaired) electrons. The van der Waals surface area contributed by atoms with Gasteiger partial charge in [-0.3, -0.25) is 4.90 Å². The van der Waals surface area contributed by atoms with E-state index in [4.69, 9.17) is 0 Å². The van der Waals surface area contributed by atoms with Crippen LogP contribution in [0.2, 0.25) is 0 Å². The van der Waals surface area contributed by atoms with E-state index in [0.29, 0.717) is 26.2 Å². The predicted molar refractivity (Wildman–Crippen MR) is 49.1 cm³/mol. The third-order valence-corrected chi connectivity index (χ3v) is 2.36. The number of halogens is 3. The summed E-state index contributed by atoms with van der Waals surface area (Å²) in [5.74, 6) is 0. The molecule has 0 aliphatic carbocycles. The maximum atomic E-state index is 12.6. The minimum atomic E-state index is -4.15. The third-order valence-electron chi connectivity index (χ3n) is 2.36. The van der Waals surface area contributed by atoms with Gasteiger partial charge in [0.05, 0.1) is 0 Å². The molecule has 0 aromatic carbocycles. The molecule has 0 unspecified atom stereocenters. The van der Waals surface area contributed by atoms with Crippen molar-refractivity contribution in [3.63, 3.8) is 0 Å². The Hall–Kier alpha value is -0.550. The number of hydrogen-bond acceptors (Lipinski definition) is 2. The summed E-state index contributed by atoms with van der Waals surface area (Å²) in [4.78, 5) is 1.47. The van der Waals surface area contributed by atoms with Crippen LogP contribution >= 0.6 is 0 Å². The van der Waals surface area contributed by atoms with Crippen LogP contribution in [-0.4, -0.2) is 43.3 Å². The summed E-state index contributed by atoms with van der Waals surface area (Å²) >= 11 is 0. The highest BCUT2D eigenvalue weighted by atomic mass is 19.4. The molecule has 82 valence electrons. The molecule has 1 rings (SSSR count). The van der Waals surface area contributed by atoms with E-state index in [1.165, 1.54) is 11.0 Å². The summed E-state index contributed by atoms with van der Waals surface area (Å²) in [6, 6.07) is -1.36. The van der Waals surface area contributed by atoms with Gasteiger partial charge in [-0.1, -0.05) is 6.08 Å². The van der Waals surface area contributed by atoms with Gasteiger partial charge in [-0.2, -0.15) is 13.2 Å². The number of alkyl halides is 3. The van der Waals surface area contributed by atoms with Crippen molar-refractivity contribution in [2.75, 3.05) is 26.2 Å². The molecular weight excluding hydrogens is 193 g/mol. The molecule has 1 atom stereocenters. The molecule has 1 heterocycles. The second kappa shape index (κ2) is 4.79. The molecule has 0 aromatic heterocycles. The van der Waals surface area contributed by atoms with Crippen molar-refractivity contribution < 1.29 is 13.2 Å². The van der Waals surface area contributed by atoms with Crippen molar-refractivity contribution in [3.8, 4) is 0 Å². The molecular formula is C9H15F3N2. The van der Waals surface area contributed by atoms with E-state index >= 15 is 0 Å². The van der Waals surface area contributed by atoms with Crippen molar-refractivity contribution in [2.45, 2.75) is 18.6 Å². The summed E-state index contributed by atoms with van der Waals surface area (Å²) < 4.78 is 37.7. The molecule has 14 heavy (non-hydrogen) atoms.